The number of rotatable bonds is 2. The SMILES string of the molecule is N#Cc1ccccc1-n1c2ccccc2c2c(-c3cnc4ccccc4c3)cccc21. The lowest BCUT2D eigenvalue weighted by Gasteiger charge is -2.10. The Morgan fingerprint density at radius 1 is 0.742 bits per heavy atom. The fourth-order valence-electron chi connectivity index (χ4n) is 4.50. The van der Waals surface area contributed by atoms with E-state index in [1.165, 1.54) is 5.39 Å². The fraction of sp³-hybridized carbons (Fsp3) is 0. The van der Waals surface area contributed by atoms with Crippen LogP contribution in [0.4, 0.5) is 0 Å². The number of benzene rings is 4. The summed E-state index contributed by atoms with van der Waals surface area (Å²) in [5.41, 5.74) is 6.92. The molecule has 0 radical (unpaired) electrons. The maximum atomic E-state index is 9.72. The lowest BCUT2D eigenvalue weighted by molar-refractivity contribution is 1.17. The summed E-state index contributed by atoms with van der Waals surface area (Å²) in [6, 6.07) is 35.2. The minimum atomic E-state index is 0.655. The Morgan fingerprint density at radius 3 is 2.45 bits per heavy atom. The average Bonchev–Trinajstić information content (AvgIpc) is 3.18. The molecular weight excluding hydrogens is 378 g/mol. The van der Waals surface area contributed by atoms with Crippen LogP contribution in [-0.4, -0.2) is 9.55 Å². The normalized spacial score (nSPS) is 11.2. The zero-order valence-electron chi connectivity index (χ0n) is 16.7. The lowest BCUT2D eigenvalue weighted by atomic mass is 9.99. The Bertz CT molecular complexity index is 1650. The van der Waals surface area contributed by atoms with E-state index in [4.69, 9.17) is 0 Å². The number of fused-ring (bicyclic) bond motifs is 4. The van der Waals surface area contributed by atoms with Crippen molar-refractivity contribution in [1.82, 2.24) is 9.55 Å². The minimum absolute atomic E-state index is 0.655. The maximum Gasteiger partial charge on any atom is 0.101 e. The number of nitriles is 1. The Morgan fingerprint density at radius 2 is 1.52 bits per heavy atom. The van der Waals surface area contributed by atoms with Crippen LogP contribution >= 0.6 is 0 Å². The first-order chi connectivity index (χ1) is 15.3. The van der Waals surface area contributed by atoms with Gasteiger partial charge in [-0.15, -0.1) is 0 Å². The molecule has 3 heteroatoms. The van der Waals surface area contributed by atoms with Gasteiger partial charge in [-0.1, -0.05) is 60.7 Å². The topological polar surface area (TPSA) is 41.6 Å². The van der Waals surface area contributed by atoms with Crippen LogP contribution in [0.25, 0.3) is 49.5 Å². The summed E-state index contributed by atoms with van der Waals surface area (Å²) < 4.78 is 2.20. The molecule has 2 aromatic heterocycles. The Labute approximate surface area is 179 Å². The van der Waals surface area contributed by atoms with Crippen molar-refractivity contribution in [1.29, 1.82) is 5.26 Å². The molecule has 0 atom stereocenters. The second-order valence-electron chi connectivity index (χ2n) is 7.60. The summed E-state index contributed by atoms with van der Waals surface area (Å²) in [5, 5.41) is 13.2. The highest BCUT2D eigenvalue weighted by Crippen LogP contribution is 2.39. The van der Waals surface area contributed by atoms with Gasteiger partial charge in [0.2, 0.25) is 0 Å². The molecule has 144 valence electrons. The van der Waals surface area contributed by atoms with E-state index in [-0.39, 0.29) is 0 Å². The third-order valence-corrected chi connectivity index (χ3v) is 5.86. The monoisotopic (exact) mass is 395 g/mol. The van der Waals surface area contributed by atoms with Crippen molar-refractivity contribution < 1.29 is 0 Å². The molecule has 6 rings (SSSR count). The van der Waals surface area contributed by atoms with Crippen molar-refractivity contribution in [3.63, 3.8) is 0 Å². The van der Waals surface area contributed by atoms with E-state index in [1.54, 1.807) is 0 Å². The van der Waals surface area contributed by atoms with Crippen LogP contribution in [0, 0.1) is 11.3 Å². The predicted octanol–water partition coefficient (Wildman–Crippen LogP) is 6.87. The molecule has 0 amide bonds. The largest absolute Gasteiger partial charge is 0.308 e. The zero-order valence-corrected chi connectivity index (χ0v) is 16.7. The number of aromatic nitrogens is 2. The lowest BCUT2D eigenvalue weighted by Crippen LogP contribution is -1.97. The second-order valence-corrected chi connectivity index (χ2v) is 7.60. The van der Waals surface area contributed by atoms with Gasteiger partial charge < -0.3 is 4.57 Å². The number of nitrogens with zero attached hydrogens (tertiary/aromatic N) is 3. The van der Waals surface area contributed by atoms with Gasteiger partial charge in [-0.05, 0) is 42.0 Å². The van der Waals surface area contributed by atoms with Crippen LogP contribution in [0.15, 0.2) is 103 Å². The van der Waals surface area contributed by atoms with Crippen molar-refractivity contribution >= 4 is 32.7 Å². The molecule has 0 N–H and O–H groups in total. The summed E-state index contributed by atoms with van der Waals surface area (Å²) in [6.45, 7) is 0. The van der Waals surface area contributed by atoms with E-state index in [2.05, 4.69) is 64.2 Å². The molecule has 0 saturated carbocycles. The average molecular weight is 395 g/mol. The van der Waals surface area contributed by atoms with Crippen LogP contribution in [0.2, 0.25) is 0 Å². The van der Waals surface area contributed by atoms with Gasteiger partial charge in [0.15, 0.2) is 0 Å². The van der Waals surface area contributed by atoms with Gasteiger partial charge in [0.25, 0.3) is 0 Å². The summed E-state index contributed by atoms with van der Waals surface area (Å²) in [4.78, 5) is 4.69. The number of hydrogen-bond donors (Lipinski definition) is 0. The zero-order chi connectivity index (χ0) is 20.8. The Hall–Kier alpha value is -4.42. The van der Waals surface area contributed by atoms with Gasteiger partial charge >= 0.3 is 0 Å². The van der Waals surface area contributed by atoms with Crippen molar-refractivity contribution in [2.75, 3.05) is 0 Å². The third kappa shape index (κ3) is 2.63. The molecule has 4 aromatic carbocycles. The highest BCUT2D eigenvalue weighted by Gasteiger charge is 2.17. The molecule has 0 aliphatic rings. The second kappa shape index (κ2) is 6.83. The van der Waals surface area contributed by atoms with E-state index in [0.29, 0.717) is 5.56 Å². The van der Waals surface area contributed by atoms with E-state index in [1.807, 2.05) is 54.7 Å². The van der Waals surface area contributed by atoms with Crippen molar-refractivity contribution in [3.8, 4) is 22.9 Å². The predicted molar refractivity (Wildman–Crippen MR) is 126 cm³/mol. The smallest absolute Gasteiger partial charge is 0.101 e. The fourth-order valence-corrected chi connectivity index (χ4v) is 4.50. The van der Waals surface area contributed by atoms with Crippen molar-refractivity contribution in [2.24, 2.45) is 0 Å². The first-order valence-electron chi connectivity index (χ1n) is 10.2. The first-order valence-corrected chi connectivity index (χ1v) is 10.2. The molecule has 0 unspecified atom stereocenters. The third-order valence-electron chi connectivity index (χ3n) is 5.86. The van der Waals surface area contributed by atoms with Gasteiger partial charge in [-0.3, -0.25) is 4.98 Å². The van der Waals surface area contributed by atoms with Gasteiger partial charge in [-0.2, -0.15) is 5.26 Å². The molecule has 0 fully saturated rings. The number of para-hydroxylation sites is 3. The molecule has 31 heavy (non-hydrogen) atoms. The minimum Gasteiger partial charge on any atom is -0.308 e. The molecular formula is C28H17N3. The van der Waals surface area contributed by atoms with E-state index in [0.717, 1.165) is 44.1 Å². The van der Waals surface area contributed by atoms with Gasteiger partial charge in [0, 0.05) is 27.9 Å². The Balaban J connectivity index is 1.74. The molecule has 3 nitrogen and oxygen atoms in total. The van der Waals surface area contributed by atoms with E-state index >= 15 is 0 Å². The molecule has 0 aliphatic carbocycles. The summed E-state index contributed by atoms with van der Waals surface area (Å²) in [7, 11) is 0. The van der Waals surface area contributed by atoms with Crippen LogP contribution in [0.3, 0.4) is 0 Å². The summed E-state index contributed by atoms with van der Waals surface area (Å²) >= 11 is 0. The molecule has 0 spiro atoms. The van der Waals surface area contributed by atoms with Crippen LogP contribution in [-0.2, 0) is 0 Å². The highest BCUT2D eigenvalue weighted by molar-refractivity contribution is 6.16. The van der Waals surface area contributed by atoms with E-state index in [9.17, 15) is 5.26 Å². The number of hydrogen-bond acceptors (Lipinski definition) is 2. The van der Waals surface area contributed by atoms with Crippen LogP contribution in [0.5, 0.6) is 0 Å². The number of pyridine rings is 1. The molecule has 0 bridgehead atoms. The van der Waals surface area contributed by atoms with Gasteiger partial charge in [0.1, 0.15) is 6.07 Å². The van der Waals surface area contributed by atoms with Crippen LogP contribution < -0.4 is 0 Å². The molecule has 2 heterocycles. The van der Waals surface area contributed by atoms with Crippen LogP contribution in [0.1, 0.15) is 5.56 Å². The summed E-state index contributed by atoms with van der Waals surface area (Å²) in [5.74, 6) is 0. The quantitative estimate of drug-likeness (QED) is 0.321. The molecule has 0 aliphatic heterocycles. The van der Waals surface area contributed by atoms with Gasteiger partial charge in [0.05, 0.1) is 27.8 Å². The van der Waals surface area contributed by atoms with Crippen molar-refractivity contribution in [2.45, 2.75) is 0 Å². The van der Waals surface area contributed by atoms with Gasteiger partial charge in [-0.25, -0.2) is 0 Å². The van der Waals surface area contributed by atoms with E-state index < -0.39 is 0 Å². The standard InChI is InChI=1S/C28H17N3/c29-17-20-9-2-5-13-25(20)31-26-14-6-3-10-23(26)28-22(11-7-15-27(28)31)21-16-19-8-1-4-12-24(19)30-18-21/h1-16,18H. The summed E-state index contributed by atoms with van der Waals surface area (Å²) in [6.07, 6.45) is 1.95. The first kappa shape index (κ1) is 17.4. The van der Waals surface area contributed by atoms with Crippen molar-refractivity contribution in [3.05, 3.63) is 109 Å². The highest BCUT2D eigenvalue weighted by atomic mass is 15.0. The molecule has 6 aromatic rings. The maximum absolute atomic E-state index is 9.72. The molecule has 0 saturated heterocycles. The Kier molecular flexibility index (Phi) is 3.84.